The van der Waals surface area contributed by atoms with Crippen LogP contribution in [0.5, 0.6) is 0 Å². The molecular formula is C11H13ClN4O2S. The van der Waals surface area contributed by atoms with Gasteiger partial charge in [-0.15, -0.1) is 0 Å². The van der Waals surface area contributed by atoms with E-state index in [0.29, 0.717) is 11.6 Å². The van der Waals surface area contributed by atoms with E-state index in [1.807, 2.05) is 0 Å². The van der Waals surface area contributed by atoms with E-state index in [4.69, 9.17) is 5.73 Å². The second kappa shape index (κ2) is 5.96. The van der Waals surface area contributed by atoms with Crippen molar-refractivity contribution in [2.75, 3.05) is 12.0 Å². The molecule has 4 N–H and O–H groups in total. The average Bonchev–Trinajstić information content (AvgIpc) is 2.32. The van der Waals surface area contributed by atoms with E-state index in [0.717, 1.165) is 5.69 Å². The van der Waals surface area contributed by atoms with Crippen LogP contribution in [0, 0.1) is 0 Å². The molecule has 0 radical (unpaired) electrons. The summed E-state index contributed by atoms with van der Waals surface area (Å²) in [6.45, 7) is 0. The van der Waals surface area contributed by atoms with Crippen molar-refractivity contribution in [1.82, 2.24) is 9.97 Å². The van der Waals surface area contributed by atoms with Crippen LogP contribution in [0.1, 0.15) is 0 Å². The molecule has 0 amide bonds. The fraction of sp³-hybridized carbons (Fsp3) is 0.0909. The Morgan fingerprint density at radius 3 is 2.11 bits per heavy atom. The van der Waals surface area contributed by atoms with E-state index in [1.54, 1.807) is 29.6 Å². The van der Waals surface area contributed by atoms with Gasteiger partial charge in [0, 0.05) is 18.4 Å². The molecule has 2 rings (SSSR count). The van der Waals surface area contributed by atoms with Gasteiger partial charge in [-0.25, -0.2) is 13.7 Å². The first kappa shape index (κ1) is 15.4. The van der Waals surface area contributed by atoms with Crippen molar-refractivity contribution in [3.05, 3.63) is 36.7 Å². The number of hydrogen-bond acceptors (Lipinski definition) is 5. The lowest BCUT2D eigenvalue weighted by atomic mass is 10.3. The minimum absolute atomic E-state index is 0. The van der Waals surface area contributed by atoms with Crippen LogP contribution in [0.4, 0.5) is 17.3 Å². The van der Waals surface area contributed by atoms with E-state index < -0.39 is 9.84 Å². The van der Waals surface area contributed by atoms with Crippen LogP contribution in [0.3, 0.4) is 0 Å². The zero-order chi connectivity index (χ0) is 13.2. The maximum absolute atomic E-state index is 11.3. The number of quaternary nitrogens is 1. The Morgan fingerprint density at radius 1 is 1.11 bits per heavy atom. The Balaban J connectivity index is 0.00000180. The third kappa shape index (κ3) is 4.16. The molecule has 0 atom stereocenters. The molecular weight excluding hydrogens is 288 g/mol. The first-order valence-corrected chi connectivity index (χ1v) is 7.07. The van der Waals surface area contributed by atoms with Crippen molar-refractivity contribution in [3.63, 3.8) is 0 Å². The Labute approximate surface area is 117 Å². The van der Waals surface area contributed by atoms with Crippen LogP contribution < -0.4 is 23.5 Å². The lowest BCUT2D eigenvalue weighted by molar-refractivity contribution is -0.487. The van der Waals surface area contributed by atoms with Gasteiger partial charge in [0.2, 0.25) is 0 Å². The summed E-state index contributed by atoms with van der Waals surface area (Å²) in [5.74, 6) is 0.524. The van der Waals surface area contributed by atoms with E-state index in [2.05, 4.69) is 9.97 Å². The molecule has 1 aromatic carbocycles. The number of halogens is 1. The highest BCUT2D eigenvalue weighted by atomic mass is 35.5. The molecule has 1 heterocycles. The predicted molar refractivity (Wildman–Crippen MR) is 67.2 cm³/mol. The normalized spacial score (nSPS) is 10.8. The van der Waals surface area contributed by atoms with E-state index in [-0.39, 0.29) is 17.3 Å². The molecule has 0 saturated heterocycles. The average molecular weight is 301 g/mol. The highest BCUT2D eigenvalue weighted by Gasteiger charge is 2.08. The zero-order valence-electron chi connectivity index (χ0n) is 10.1. The Morgan fingerprint density at radius 2 is 1.63 bits per heavy atom. The largest absolute Gasteiger partial charge is 1.00 e. The van der Waals surface area contributed by atoms with Crippen LogP contribution in [0.2, 0.25) is 0 Å². The summed E-state index contributed by atoms with van der Waals surface area (Å²) in [6.07, 6.45) is 4.21. The second-order valence-corrected chi connectivity index (χ2v) is 5.88. The third-order valence-electron chi connectivity index (χ3n) is 2.30. The van der Waals surface area contributed by atoms with Gasteiger partial charge in [-0.1, -0.05) is 0 Å². The van der Waals surface area contributed by atoms with Gasteiger partial charge >= 0.3 is 5.95 Å². The van der Waals surface area contributed by atoms with Gasteiger partial charge in [-0.3, -0.25) is 0 Å². The molecule has 0 spiro atoms. The maximum Gasteiger partial charge on any atom is 0.330 e. The van der Waals surface area contributed by atoms with Gasteiger partial charge in [0.25, 0.3) is 0 Å². The van der Waals surface area contributed by atoms with Gasteiger partial charge in [0.15, 0.2) is 9.84 Å². The molecule has 0 unspecified atom stereocenters. The summed E-state index contributed by atoms with van der Waals surface area (Å²) < 4.78 is 22.6. The summed E-state index contributed by atoms with van der Waals surface area (Å²) in [5, 5.41) is 1.74. The maximum atomic E-state index is 11.3. The highest BCUT2D eigenvalue weighted by Crippen LogP contribution is 2.11. The molecule has 0 bridgehead atoms. The van der Waals surface area contributed by atoms with Gasteiger partial charge < -0.3 is 18.1 Å². The molecule has 2 aromatic rings. The Hall–Kier alpha value is -1.70. The highest BCUT2D eigenvalue weighted by molar-refractivity contribution is 7.90. The fourth-order valence-corrected chi connectivity index (χ4v) is 2.01. The summed E-state index contributed by atoms with van der Waals surface area (Å²) in [4.78, 5) is 8.36. The predicted octanol–water partition coefficient (Wildman–Crippen LogP) is -3.01. The number of hydrogen-bond donors (Lipinski definition) is 2. The number of nitrogen functional groups attached to an aromatic ring is 1. The number of nitrogens with zero attached hydrogens (tertiary/aromatic N) is 2. The van der Waals surface area contributed by atoms with Gasteiger partial charge in [0.05, 0.1) is 23.0 Å². The summed E-state index contributed by atoms with van der Waals surface area (Å²) >= 11 is 0. The molecule has 0 aliphatic carbocycles. The smallest absolute Gasteiger partial charge is 0.330 e. The first-order chi connectivity index (χ1) is 8.45. The van der Waals surface area contributed by atoms with Crippen LogP contribution in [-0.2, 0) is 9.84 Å². The van der Waals surface area contributed by atoms with Crippen molar-refractivity contribution < 1.29 is 26.1 Å². The molecule has 0 aliphatic heterocycles. The summed E-state index contributed by atoms with van der Waals surface area (Å²) in [5.41, 5.74) is 6.81. The number of anilines is 1. The number of nitrogens with two attached hydrogens (primary N) is 2. The van der Waals surface area contributed by atoms with Crippen LogP contribution in [-0.4, -0.2) is 24.6 Å². The number of sulfone groups is 1. The minimum atomic E-state index is -3.16. The van der Waals surface area contributed by atoms with Crippen molar-refractivity contribution in [1.29, 1.82) is 0 Å². The Bertz CT molecular complexity index is 641. The van der Waals surface area contributed by atoms with E-state index in [1.165, 1.54) is 18.6 Å². The minimum Gasteiger partial charge on any atom is -1.00 e. The lowest BCUT2D eigenvalue weighted by Crippen LogP contribution is -3.00. The number of benzene rings is 1. The molecule has 0 fully saturated rings. The lowest BCUT2D eigenvalue weighted by Gasteiger charge is -2.00. The third-order valence-corrected chi connectivity index (χ3v) is 3.42. The molecule has 0 saturated carbocycles. The SMILES string of the molecule is CS(=O)(=O)c1ccc([NH2+]c2ncc(N)cn2)cc1.[Cl-]. The molecule has 0 aliphatic rings. The first-order valence-electron chi connectivity index (χ1n) is 5.17. The van der Waals surface area contributed by atoms with Gasteiger partial charge in [-0.2, -0.15) is 9.97 Å². The monoisotopic (exact) mass is 300 g/mol. The standard InChI is InChI=1S/C11H12N4O2S.ClH/c1-18(16,17)10-4-2-9(3-5-10)15-11-13-6-8(12)7-14-11;/h2-7H,12H2,1H3,(H,13,14,15);1H. The zero-order valence-corrected chi connectivity index (χ0v) is 11.7. The Kier molecular flexibility index (Phi) is 4.82. The van der Waals surface area contributed by atoms with Crippen LogP contribution in [0.25, 0.3) is 0 Å². The van der Waals surface area contributed by atoms with Crippen molar-refractivity contribution >= 4 is 27.2 Å². The number of aromatic nitrogens is 2. The van der Waals surface area contributed by atoms with E-state index in [9.17, 15) is 8.42 Å². The molecule has 102 valence electrons. The second-order valence-electron chi connectivity index (χ2n) is 3.86. The molecule has 6 nitrogen and oxygen atoms in total. The summed E-state index contributed by atoms with van der Waals surface area (Å²) in [6, 6.07) is 6.52. The number of rotatable bonds is 3. The van der Waals surface area contributed by atoms with Crippen molar-refractivity contribution in [2.45, 2.75) is 4.90 Å². The van der Waals surface area contributed by atoms with Gasteiger partial charge in [-0.05, 0) is 12.1 Å². The van der Waals surface area contributed by atoms with Gasteiger partial charge in [0.1, 0.15) is 5.69 Å². The fourth-order valence-electron chi connectivity index (χ4n) is 1.38. The van der Waals surface area contributed by atoms with E-state index >= 15 is 0 Å². The van der Waals surface area contributed by atoms with Crippen molar-refractivity contribution in [3.8, 4) is 0 Å². The van der Waals surface area contributed by atoms with Crippen LogP contribution >= 0.6 is 0 Å². The molecule has 19 heavy (non-hydrogen) atoms. The summed E-state index contributed by atoms with van der Waals surface area (Å²) in [7, 11) is -3.16. The molecule has 8 heteroatoms. The topological polar surface area (TPSA) is 103 Å². The van der Waals surface area contributed by atoms with Crippen LogP contribution in [0.15, 0.2) is 41.6 Å². The molecule has 1 aromatic heterocycles. The quantitative estimate of drug-likeness (QED) is 0.588. The van der Waals surface area contributed by atoms with Crippen molar-refractivity contribution in [2.24, 2.45) is 0 Å².